The molecule has 7 nitrogen and oxygen atoms in total. The molecule has 0 aliphatic heterocycles. The van der Waals surface area contributed by atoms with Crippen molar-refractivity contribution in [3.63, 3.8) is 0 Å². The lowest BCUT2D eigenvalue weighted by molar-refractivity contribution is -0.131. The van der Waals surface area contributed by atoms with E-state index >= 15 is 0 Å². The highest BCUT2D eigenvalue weighted by Gasteiger charge is 2.59. The summed E-state index contributed by atoms with van der Waals surface area (Å²) >= 11 is 0. The predicted octanol–water partition coefficient (Wildman–Crippen LogP) is 6.69. The number of carboxylic acid groups (broad SMARTS) is 1. The number of aliphatic hydroxyl groups excluding tert-OH is 2. The van der Waals surface area contributed by atoms with E-state index in [0.29, 0.717) is 12.8 Å². The van der Waals surface area contributed by atoms with Gasteiger partial charge in [-0.05, 0) is 62.6 Å². The van der Waals surface area contributed by atoms with Gasteiger partial charge >= 0.3 is 5.97 Å². The molecule has 2 aliphatic rings. The molecule has 1 fully saturated rings. The van der Waals surface area contributed by atoms with Crippen LogP contribution in [0.4, 0.5) is 0 Å². The molecule has 0 radical (unpaired) electrons. The van der Waals surface area contributed by atoms with Crippen LogP contribution in [-0.4, -0.2) is 56.4 Å². The number of fused-ring (bicyclic) bond motifs is 1. The van der Waals surface area contributed by atoms with Crippen molar-refractivity contribution in [2.24, 2.45) is 35.0 Å². The van der Waals surface area contributed by atoms with Crippen LogP contribution in [-0.2, 0) is 9.53 Å². The number of aliphatic hydroxyl groups is 3. The number of phenolic OH excluding ortho intramolecular Hbond substituents is 1. The zero-order valence-electron chi connectivity index (χ0n) is 27.7. The second kappa shape index (κ2) is 15.4. The van der Waals surface area contributed by atoms with Gasteiger partial charge in [-0.25, -0.2) is 4.79 Å². The van der Waals surface area contributed by atoms with Crippen molar-refractivity contribution in [3.8, 4) is 5.75 Å². The normalized spacial score (nSPS) is 29.7. The van der Waals surface area contributed by atoms with Gasteiger partial charge in [0, 0.05) is 36.9 Å². The highest BCUT2D eigenvalue weighted by atomic mass is 16.5. The average Bonchev–Trinajstić information content (AvgIpc) is 3.16. The largest absolute Gasteiger partial charge is 0.508 e. The van der Waals surface area contributed by atoms with Crippen LogP contribution in [0.3, 0.4) is 0 Å². The van der Waals surface area contributed by atoms with Gasteiger partial charge in [0.05, 0.1) is 23.9 Å². The van der Waals surface area contributed by atoms with E-state index in [1.165, 1.54) is 11.6 Å². The molecule has 45 heavy (non-hydrogen) atoms. The van der Waals surface area contributed by atoms with E-state index < -0.39 is 29.7 Å². The van der Waals surface area contributed by atoms with Gasteiger partial charge in [-0.2, -0.15) is 0 Å². The third-order valence-corrected chi connectivity index (χ3v) is 9.72. The minimum atomic E-state index is -1.03. The molecule has 0 heterocycles. The van der Waals surface area contributed by atoms with Crippen molar-refractivity contribution in [2.75, 3.05) is 7.11 Å². The zero-order chi connectivity index (χ0) is 33.5. The van der Waals surface area contributed by atoms with Crippen molar-refractivity contribution in [2.45, 2.75) is 78.3 Å². The molecular weight excluding hydrogens is 568 g/mol. The summed E-state index contributed by atoms with van der Waals surface area (Å²) in [6.07, 6.45) is 17.0. The monoisotopic (exact) mass is 620 g/mol. The van der Waals surface area contributed by atoms with Crippen LogP contribution in [0.25, 0.3) is 0 Å². The average molecular weight is 621 g/mol. The van der Waals surface area contributed by atoms with E-state index in [9.17, 15) is 25.2 Å². The number of methoxy groups -OCH3 is 1. The van der Waals surface area contributed by atoms with E-state index in [1.807, 2.05) is 37.3 Å². The summed E-state index contributed by atoms with van der Waals surface area (Å²) in [5.41, 5.74) is 1.95. The van der Waals surface area contributed by atoms with Crippen LogP contribution in [0.5, 0.6) is 5.75 Å². The summed E-state index contributed by atoms with van der Waals surface area (Å²) in [5.74, 6) is -0.998. The highest BCUT2D eigenvalue weighted by molar-refractivity contribution is 5.80. The number of ether oxygens (including phenoxy) is 1. The fourth-order valence-corrected chi connectivity index (χ4v) is 7.52. The lowest BCUT2D eigenvalue weighted by Crippen LogP contribution is -2.43. The van der Waals surface area contributed by atoms with Crippen LogP contribution in [0.15, 0.2) is 96.2 Å². The van der Waals surface area contributed by atoms with Gasteiger partial charge in [0.2, 0.25) is 0 Å². The summed E-state index contributed by atoms with van der Waals surface area (Å²) in [5, 5.41) is 51.2. The van der Waals surface area contributed by atoms with Crippen LogP contribution < -0.4 is 0 Å². The van der Waals surface area contributed by atoms with Gasteiger partial charge in [0.15, 0.2) is 0 Å². The molecule has 1 aromatic rings. The van der Waals surface area contributed by atoms with E-state index in [1.54, 1.807) is 51.3 Å². The van der Waals surface area contributed by atoms with E-state index in [0.717, 1.165) is 17.2 Å². The topological polar surface area (TPSA) is 127 Å². The fourth-order valence-electron chi connectivity index (χ4n) is 7.52. The zero-order valence-corrected chi connectivity index (χ0v) is 27.7. The first-order chi connectivity index (χ1) is 21.1. The molecule has 3 rings (SSSR count). The van der Waals surface area contributed by atoms with Crippen LogP contribution in [0.1, 0.15) is 66.1 Å². The van der Waals surface area contributed by atoms with Gasteiger partial charge < -0.3 is 30.3 Å². The lowest BCUT2D eigenvalue weighted by Gasteiger charge is -2.47. The quantitative estimate of drug-likeness (QED) is 0.0945. The molecule has 2 aliphatic carbocycles. The Balaban J connectivity index is 1.77. The van der Waals surface area contributed by atoms with Gasteiger partial charge in [-0.1, -0.05) is 98.7 Å². The van der Waals surface area contributed by atoms with Crippen molar-refractivity contribution in [1.82, 2.24) is 0 Å². The number of hydrogen-bond donors (Lipinski definition) is 5. The molecule has 5 N–H and O–H groups in total. The second-order valence-corrected chi connectivity index (χ2v) is 13.8. The Labute approximate surface area is 268 Å². The smallest absolute Gasteiger partial charge is 0.328 e. The van der Waals surface area contributed by atoms with Gasteiger partial charge in [-0.3, -0.25) is 0 Å². The van der Waals surface area contributed by atoms with Crippen molar-refractivity contribution >= 4 is 5.97 Å². The molecule has 9 atom stereocenters. The van der Waals surface area contributed by atoms with Gasteiger partial charge in [0.25, 0.3) is 0 Å². The summed E-state index contributed by atoms with van der Waals surface area (Å²) in [6, 6.07) is 7.20. The molecule has 0 aromatic heterocycles. The third-order valence-electron chi connectivity index (χ3n) is 9.72. The number of aromatic hydroxyl groups is 1. The highest BCUT2D eigenvalue weighted by Crippen LogP contribution is 2.62. The van der Waals surface area contributed by atoms with Crippen LogP contribution in [0, 0.1) is 35.0 Å². The third kappa shape index (κ3) is 9.17. The molecule has 246 valence electrons. The minimum absolute atomic E-state index is 0.00479. The number of benzene rings is 1. The number of aliphatic carboxylic acids is 1. The molecule has 9 unspecified atom stereocenters. The first kappa shape index (κ1) is 36.2. The summed E-state index contributed by atoms with van der Waals surface area (Å²) in [6.45, 7) is 12.1. The summed E-state index contributed by atoms with van der Waals surface area (Å²) in [7, 11) is 1.73. The maximum atomic E-state index is 11.5. The molecule has 1 saturated carbocycles. The molecule has 0 bridgehead atoms. The van der Waals surface area contributed by atoms with Gasteiger partial charge in [-0.15, -0.1) is 0 Å². The minimum Gasteiger partial charge on any atom is -0.508 e. The number of rotatable bonds is 13. The Morgan fingerprint density at radius 1 is 1.07 bits per heavy atom. The first-order valence-corrected chi connectivity index (χ1v) is 15.8. The standard InChI is InChI=1S/C38H52O7/c1-24(15-21-33(42)43)14-20-32(41)26(3)31(40)13-11-9-8-10-12-29-25(2)22-30-35(37(4,5)23-38(30,6)44)34(29)36(45-7)27-16-18-28(39)19-17-27/h8-19,21-22,26,29-32,34-36,39-41,44H,20,23H2,1-7H3,(H,42,43). The summed E-state index contributed by atoms with van der Waals surface area (Å²) < 4.78 is 6.20. The maximum Gasteiger partial charge on any atom is 0.328 e. The van der Waals surface area contributed by atoms with E-state index in [4.69, 9.17) is 9.84 Å². The number of carbonyl (C=O) groups is 1. The number of hydrogen-bond acceptors (Lipinski definition) is 6. The fraction of sp³-hybridized carbons (Fsp3) is 0.500. The SMILES string of the molecule is COC(c1ccc(O)cc1)C1C(C=CC=CC=CC(O)C(C)C(O)CC=C(C)C=CC(=O)O)C(C)=CC2C1C(C)(C)CC2(C)O. The second-order valence-electron chi connectivity index (χ2n) is 13.8. The molecule has 0 spiro atoms. The number of carboxylic acids is 1. The predicted molar refractivity (Wildman–Crippen MR) is 178 cm³/mol. The van der Waals surface area contributed by atoms with E-state index in [-0.39, 0.29) is 40.9 Å². The Bertz CT molecular complexity index is 1330. The Morgan fingerprint density at radius 3 is 2.33 bits per heavy atom. The molecular formula is C38H52O7. The number of allylic oxidation sites excluding steroid dienone is 8. The Kier molecular flexibility index (Phi) is 12.4. The number of phenols is 1. The Hall–Kier alpha value is -3.23. The van der Waals surface area contributed by atoms with E-state index in [2.05, 4.69) is 32.9 Å². The van der Waals surface area contributed by atoms with Crippen LogP contribution in [0.2, 0.25) is 0 Å². The van der Waals surface area contributed by atoms with Crippen molar-refractivity contribution in [1.29, 1.82) is 0 Å². The first-order valence-electron chi connectivity index (χ1n) is 15.8. The summed E-state index contributed by atoms with van der Waals surface area (Å²) in [4.78, 5) is 10.7. The van der Waals surface area contributed by atoms with Crippen molar-refractivity contribution in [3.05, 3.63) is 102 Å². The molecule has 0 saturated heterocycles. The lowest BCUT2D eigenvalue weighted by atomic mass is 9.59. The van der Waals surface area contributed by atoms with Gasteiger partial charge in [0.1, 0.15) is 5.75 Å². The Morgan fingerprint density at radius 2 is 1.71 bits per heavy atom. The maximum absolute atomic E-state index is 11.5. The molecule has 7 heteroatoms. The molecule has 0 amide bonds. The molecule has 1 aromatic carbocycles. The van der Waals surface area contributed by atoms with Crippen LogP contribution >= 0.6 is 0 Å². The van der Waals surface area contributed by atoms with Crippen molar-refractivity contribution < 1.29 is 35.1 Å².